The third-order valence-electron chi connectivity index (χ3n) is 3.78. The van der Waals surface area contributed by atoms with Crippen molar-refractivity contribution in [2.45, 2.75) is 12.6 Å². The van der Waals surface area contributed by atoms with Gasteiger partial charge in [-0.1, -0.05) is 12.1 Å². The summed E-state index contributed by atoms with van der Waals surface area (Å²) in [5.41, 5.74) is 5.78. The Bertz CT molecular complexity index is 827. The van der Waals surface area contributed by atoms with Crippen molar-refractivity contribution in [3.63, 3.8) is 0 Å². The van der Waals surface area contributed by atoms with Crippen LogP contribution in [-0.4, -0.2) is 26.0 Å². The molecule has 0 aromatic heterocycles. The van der Waals surface area contributed by atoms with E-state index in [1.807, 2.05) is 0 Å². The fraction of sp³-hybridized carbons (Fsp3) is 0.222. The lowest BCUT2D eigenvalue weighted by Crippen LogP contribution is -2.30. The minimum absolute atomic E-state index is 0.0400. The second-order valence-electron chi connectivity index (χ2n) is 5.44. The third kappa shape index (κ3) is 4.34. The van der Waals surface area contributed by atoms with Gasteiger partial charge in [-0.05, 0) is 18.2 Å². The topological polar surface area (TPSA) is 97.4 Å². The van der Waals surface area contributed by atoms with Gasteiger partial charge in [0.1, 0.15) is 23.2 Å². The number of rotatable bonds is 7. The van der Waals surface area contributed by atoms with Crippen LogP contribution >= 0.6 is 0 Å². The van der Waals surface area contributed by atoms with Crippen molar-refractivity contribution in [1.29, 1.82) is 5.41 Å². The van der Waals surface area contributed by atoms with Crippen molar-refractivity contribution in [2.75, 3.05) is 14.2 Å². The predicted octanol–water partition coefficient (Wildman–Crippen LogP) is 2.26. The molecule has 0 unspecified atom stereocenters. The van der Waals surface area contributed by atoms with Crippen molar-refractivity contribution in [1.82, 2.24) is 5.32 Å². The molecule has 6 nitrogen and oxygen atoms in total. The Labute approximate surface area is 149 Å². The fourth-order valence-corrected chi connectivity index (χ4v) is 2.36. The van der Waals surface area contributed by atoms with E-state index in [-0.39, 0.29) is 29.1 Å². The quantitative estimate of drug-likeness (QED) is 0.519. The van der Waals surface area contributed by atoms with Crippen molar-refractivity contribution in [3.05, 3.63) is 64.7 Å². The number of nitrogens with one attached hydrogen (secondary N) is 2. The molecule has 0 radical (unpaired) electrons. The molecule has 2 aromatic rings. The molecule has 4 N–H and O–H groups in total. The third-order valence-corrected chi connectivity index (χ3v) is 3.78. The Morgan fingerprint density at radius 3 is 2.46 bits per heavy atom. The standard InChI is InChI=1S/C18H19F2N3O3/c1-25-12-5-6-13(15(20)8-12)16(26-2)18(24)23-9-11-4-3-10(17(21)22)7-14(11)19/h3-8,16H,9H2,1-2H3,(H3,21,22)(H,23,24)/t16-/m0/s1. The largest absolute Gasteiger partial charge is 0.497 e. The molecule has 8 heteroatoms. The molecule has 0 bridgehead atoms. The lowest BCUT2D eigenvalue weighted by Gasteiger charge is -2.17. The summed E-state index contributed by atoms with van der Waals surface area (Å²) in [5.74, 6) is -1.82. The maximum absolute atomic E-state index is 14.2. The number of methoxy groups -OCH3 is 2. The van der Waals surface area contributed by atoms with Gasteiger partial charge in [0, 0.05) is 36.4 Å². The normalized spacial score (nSPS) is 11.7. The molecule has 1 amide bonds. The van der Waals surface area contributed by atoms with Crippen molar-refractivity contribution in [3.8, 4) is 5.75 Å². The van der Waals surface area contributed by atoms with E-state index in [1.165, 1.54) is 38.5 Å². The second-order valence-corrected chi connectivity index (χ2v) is 5.44. The van der Waals surface area contributed by atoms with Gasteiger partial charge in [0.05, 0.1) is 7.11 Å². The van der Waals surface area contributed by atoms with Gasteiger partial charge in [0.2, 0.25) is 0 Å². The molecule has 0 heterocycles. The predicted molar refractivity (Wildman–Crippen MR) is 92.0 cm³/mol. The summed E-state index contributed by atoms with van der Waals surface area (Å²) >= 11 is 0. The van der Waals surface area contributed by atoms with E-state index < -0.39 is 23.6 Å². The van der Waals surface area contributed by atoms with E-state index in [9.17, 15) is 13.6 Å². The van der Waals surface area contributed by atoms with Crippen LogP contribution in [0.25, 0.3) is 0 Å². The average Bonchev–Trinajstić information content (AvgIpc) is 2.62. The zero-order chi connectivity index (χ0) is 19.3. The smallest absolute Gasteiger partial charge is 0.254 e. The van der Waals surface area contributed by atoms with Crippen LogP contribution in [0, 0.1) is 17.0 Å². The maximum atomic E-state index is 14.2. The van der Waals surface area contributed by atoms with Crippen LogP contribution in [0.15, 0.2) is 36.4 Å². The highest BCUT2D eigenvalue weighted by Gasteiger charge is 2.24. The number of benzene rings is 2. The Morgan fingerprint density at radius 1 is 1.19 bits per heavy atom. The van der Waals surface area contributed by atoms with Gasteiger partial charge in [0.25, 0.3) is 5.91 Å². The number of amidine groups is 1. The number of carbonyl (C=O) groups excluding carboxylic acids is 1. The number of nitrogen functional groups attached to an aromatic ring is 1. The Morgan fingerprint density at radius 2 is 1.92 bits per heavy atom. The molecule has 0 aliphatic heterocycles. The highest BCUT2D eigenvalue weighted by Crippen LogP contribution is 2.24. The Balaban J connectivity index is 2.11. The van der Waals surface area contributed by atoms with Crippen LogP contribution in [-0.2, 0) is 16.1 Å². The lowest BCUT2D eigenvalue weighted by atomic mass is 10.1. The first-order valence-electron chi connectivity index (χ1n) is 7.64. The number of ether oxygens (including phenoxy) is 2. The molecular weight excluding hydrogens is 344 g/mol. The van der Waals surface area contributed by atoms with Gasteiger partial charge in [0.15, 0.2) is 6.10 Å². The second kappa shape index (κ2) is 8.39. The number of hydrogen-bond acceptors (Lipinski definition) is 4. The molecule has 2 aromatic carbocycles. The molecule has 2 rings (SSSR count). The first-order chi connectivity index (χ1) is 12.4. The van der Waals surface area contributed by atoms with Crippen molar-refractivity contribution < 1.29 is 23.0 Å². The van der Waals surface area contributed by atoms with Crippen LogP contribution in [0.5, 0.6) is 5.75 Å². The summed E-state index contributed by atoms with van der Waals surface area (Å²) in [6, 6.07) is 8.06. The molecule has 1 atom stereocenters. The molecule has 0 fully saturated rings. The zero-order valence-electron chi connectivity index (χ0n) is 14.3. The molecule has 0 spiro atoms. The fourth-order valence-electron chi connectivity index (χ4n) is 2.36. The number of carbonyl (C=O) groups is 1. The average molecular weight is 363 g/mol. The van der Waals surface area contributed by atoms with E-state index in [1.54, 1.807) is 0 Å². The van der Waals surface area contributed by atoms with Crippen molar-refractivity contribution >= 4 is 11.7 Å². The van der Waals surface area contributed by atoms with E-state index in [4.69, 9.17) is 20.6 Å². The summed E-state index contributed by atoms with van der Waals surface area (Å²) in [4.78, 5) is 12.3. The number of halogens is 2. The van der Waals surface area contributed by atoms with Gasteiger partial charge in [-0.2, -0.15) is 0 Å². The molecular formula is C18H19F2N3O3. The highest BCUT2D eigenvalue weighted by molar-refractivity contribution is 5.94. The lowest BCUT2D eigenvalue weighted by molar-refractivity contribution is -0.131. The zero-order valence-corrected chi connectivity index (χ0v) is 14.3. The van der Waals surface area contributed by atoms with Crippen LogP contribution in [0.4, 0.5) is 8.78 Å². The first kappa shape index (κ1) is 19.3. The van der Waals surface area contributed by atoms with Crippen LogP contribution in [0.2, 0.25) is 0 Å². The van der Waals surface area contributed by atoms with Gasteiger partial charge in [-0.15, -0.1) is 0 Å². The Hall–Kier alpha value is -3.00. The molecule has 0 saturated carbocycles. The van der Waals surface area contributed by atoms with Gasteiger partial charge < -0.3 is 20.5 Å². The minimum atomic E-state index is -1.19. The van der Waals surface area contributed by atoms with Crippen LogP contribution in [0.3, 0.4) is 0 Å². The highest BCUT2D eigenvalue weighted by atomic mass is 19.1. The van der Waals surface area contributed by atoms with E-state index in [0.29, 0.717) is 5.75 Å². The van der Waals surface area contributed by atoms with Crippen LogP contribution < -0.4 is 15.8 Å². The van der Waals surface area contributed by atoms with E-state index in [0.717, 1.165) is 12.1 Å². The molecule has 0 aliphatic rings. The molecule has 0 aliphatic carbocycles. The summed E-state index contributed by atoms with van der Waals surface area (Å²) in [6.07, 6.45) is -1.19. The molecule has 0 saturated heterocycles. The summed E-state index contributed by atoms with van der Waals surface area (Å²) in [6.45, 7) is -0.125. The molecule has 138 valence electrons. The summed E-state index contributed by atoms with van der Waals surface area (Å²) in [7, 11) is 2.68. The monoisotopic (exact) mass is 363 g/mol. The Kier molecular flexibility index (Phi) is 6.24. The van der Waals surface area contributed by atoms with Gasteiger partial charge in [-0.3, -0.25) is 10.2 Å². The number of hydrogen-bond donors (Lipinski definition) is 3. The number of amides is 1. The van der Waals surface area contributed by atoms with Gasteiger partial charge >= 0.3 is 0 Å². The molecule has 26 heavy (non-hydrogen) atoms. The van der Waals surface area contributed by atoms with Gasteiger partial charge in [-0.25, -0.2) is 8.78 Å². The number of nitrogens with two attached hydrogens (primary N) is 1. The first-order valence-corrected chi connectivity index (χ1v) is 7.64. The van der Waals surface area contributed by atoms with Crippen molar-refractivity contribution in [2.24, 2.45) is 5.73 Å². The summed E-state index contributed by atoms with van der Waals surface area (Å²) < 4.78 is 38.2. The van der Waals surface area contributed by atoms with Crippen LogP contribution in [0.1, 0.15) is 22.8 Å². The SMILES string of the molecule is COc1ccc([C@H](OC)C(=O)NCc2ccc(C(=N)N)cc2F)c(F)c1. The minimum Gasteiger partial charge on any atom is -0.497 e. The summed E-state index contributed by atoms with van der Waals surface area (Å²) in [5, 5.41) is 9.79. The maximum Gasteiger partial charge on any atom is 0.254 e. The van der Waals surface area contributed by atoms with E-state index >= 15 is 0 Å². The van der Waals surface area contributed by atoms with E-state index in [2.05, 4.69) is 5.32 Å².